The van der Waals surface area contributed by atoms with Gasteiger partial charge in [0.25, 0.3) is 30.4 Å². The van der Waals surface area contributed by atoms with Crippen LogP contribution in [-0.4, -0.2) is 176 Å². The van der Waals surface area contributed by atoms with Crippen LogP contribution in [-0.2, 0) is 122 Å². The second-order valence-electron chi connectivity index (χ2n) is 20.4. The van der Waals surface area contributed by atoms with Crippen LogP contribution in [0.2, 0.25) is 0 Å². The van der Waals surface area contributed by atoms with Crippen molar-refractivity contribution in [2.24, 2.45) is 40.9 Å². The Morgan fingerprint density at radius 2 is 0.847 bits per heavy atom. The zero-order chi connectivity index (χ0) is 82.6. The largest absolute Gasteiger partial charge is 0.505 e. The Balaban J connectivity index is 0.00000180. The number of hydrogen-bond donors (Lipinski definition) is 11. The molecule has 0 aliphatic heterocycles. The third-order valence-corrected chi connectivity index (χ3v) is 22.0. The first-order valence-electron chi connectivity index (χ1n) is 28.5. The molecule has 111 heavy (non-hydrogen) atoms. The third-order valence-electron chi connectivity index (χ3n) is 13.7. The van der Waals surface area contributed by atoms with E-state index in [0.717, 1.165) is 86.0 Å². The van der Waals surface area contributed by atoms with Crippen molar-refractivity contribution >= 4 is 218 Å². The molecule has 0 bridgehead atoms. The monoisotopic (exact) mass is 1760 g/mol. The lowest BCUT2D eigenvalue weighted by atomic mass is 10.1. The van der Waals surface area contributed by atoms with E-state index in [1.54, 1.807) is 10.0 Å². The van der Waals surface area contributed by atoms with E-state index in [4.69, 9.17) is 53.8 Å². The van der Waals surface area contributed by atoms with Crippen molar-refractivity contribution in [3.8, 4) is 28.7 Å². The quantitative estimate of drug-likeness (QED) is 0.00289. The van der Waals surface area contributed by atoms with Gasteiger partial charge in [-0.15, -0.1) is 39.4 Å². The highest BCUT2D eigenvalue weighted by molar-refractivity contribution is 7.95. The number of nitrogens with zero attached hydrogens (tertiary/aromatic N) is 9. The van der Waals surface area contributed by atoms with Crippen LogP contribution in [0.25, 0.3) is 21.5 Å². The standard InChI is InChI=1S/C51H47N11O30S9.2C2O2S/c1-3-62(16-18-95(67,68)32-13-15-36(86-2)35(24-32)57-61-49-41(99(77,78)79)23-27-21-38(94-92-90-66)47(45(53)43(27)51(49)64)59-55-29-6-10-31(11-7-29)88-101(83,84)85)17-19-96(69,70)33-12-14-34(39(25-33)97(71,72)73)56-60-48-40(98(74,75)76)22-26-20-37(93-91-89-65)46(44(52)42(26)50(48)63)58-54-28-4-8-30(9-5-28)87-100(80,81)82;2*3-1-2-5-4/h4-15,20-25,63-66H,3,16-19,52-53H2,1-2H3,(H,71,72,73)(H,74,75,76)(H,77,78,79)(H,80,81,82)(H,83,84,85);;. The summed E-state index contributed by atoms with van der Waals surface area (Å²) in [6, 6.07) is 17.8. The SMILES string of the molecule is CCN(CCS(=O)(=O)c1ccc(OC)c(N=Nc2c(S(=O)(=O)O)cc3cc(SOOO)c(N=Nc4ccc(OS(=O)(=O)O)cc4)c(N)c3c2O)c1)CCS(=O)(=O)c1ccc(N=Nc2c(S(=O)(=O)O)cc3cc(SOOO)c(N=Nc4ccc(OS(=O)(=O)O)cc4)c(N)c3c2O)c(S(=O)(=O)O)c1.O=C=C=S=O.O=C=C=S=O. The number of azo groups is 4. The minimum Gasteiger partial charge on any atom is -0.505 e. The highest BCUT2D eigenvalue weighted by atomic mass is 32.3. The number of ether oxygens (including phenoxy) is 1. The predicted octanol–water partition coefficient (Wildman–Crippen LogP) is 7.74. The first-order chi connectivity index (χ1) is 52.0. The van der Waals surface area contributed by atoms with E-state index >= 15 is 0 Å². The molecule has 0 aromatic heterocycles. The van der Waals surface area contributed by atoms with E-state index in [0.29, 0.717) is 18.2 Å². The van der Waals surface area contributed by atoms with Gasteiger partial charge in [-0.05, 0) is 127 Å². The van der Waals surface area contributed by atoms with Gasteiger partial charge in [0, 0.05) is 13.1 Å². The third kappa shape index (κ3) is 25.0. The van der Waals surface area contributed by atoms with Gasteiger partial charge in [-0.25, -0.2) is 45.4 Å². The molecule has 0 atom stereocenters. The molecule has 0 aliphatic carbocycles. The first kappa shape index (κ1) is 89.8. The van der Waals surface area contributed by atoms with Crippen LogP contribution in [0.4, 0.5) is 56.9 Å². The van der Waals surface area contributed by atoms with E-state index in [-0.39, 0.29) is 115 Å². The zero-order valence-corrected chi connectivity index (χ0v) is 63.8. The van der Waals surface area contributed by atoms with Crippen LogP contribution in [0.3, 0.4) is 0 Å². The van der Waals surface area contributed by atoms with Gasteiger partial charge in [-0.2, -0.15) is 52.3 Å². The van der Waals surface area contributed by atoms with E-state index in [1.807, 2.05) is 0 Å². The lowest BCUT2D eigenvalue weighted by Gasteiger charge is -2.20. The summed E-state index contributed by atoms with van der Waals surface area (Å²) in [5.41, 5.74) is 7.68. The molecule has 0 aliphatic rings. The Bertz CT molecular complexity index is 6100. The summed E-state index contributed by atoms with van der Waals surface area (Å²) in [5.74, 6) is -2.32. The van der Waals surface area contributed by atoms with Gasteiger partial charge >= 0.3 is 20.8 Å². The van der Waals surface area contributed by atoms with Crippen LogP contribution in [0, 0.1) is 0 Å². The maximum Gasteiger partial charge on any atom is 0.446 e. The number of rotatable bonds is 31. The number of phenols is 2. The molecular formula is C55H47N11O34S11. The second-order valence-corrected chi connectivity index (χ2v) is 33.1. The van der Waals surface area contributed by atoms with Gasteiger partial charge in [0.2, 0.25) is 0 Å². The maximum absolute atomic E-state index is 14.0. The van der Waals surface area contributed by atoms with Crippen molar-refractivity contribution in [2.75, 3.05) is 49.7 Å². The highest BCUT2D eigenvalue weighted by Crippen LogP contribution is 2.52. The van der Waals surface area contributed by atoms with E-state index in [1.165, 1.54) is 35.8 Å². The molecule has 0 fully saturated rings. The Morgan fingerprint density at radius 1 is 0.468 bits per heavy atom. The van der Waals surface area contributed by atoms with Crippen LogP contribution >= 0.6 is 24.1 Å². The number of hydrogen-bond acceptors (Lipinski definition) is 42. The molecule has 56 heteroatoms. The number of methoxy groups -OCH3 is 1. The van der Waals surface area contributed by atoms with Crippen LogP contribution < -0.4 is 24.6 Å². The smallest absolute Gasteiger partial charge is 0.446 e. The fourth-order valence-electron chi connectivity index (χ4n) is 8.96. The van der Waals surface area contributed by atoms with Gasteiger partial charge in [0.05, 0.1) is 106 Å². The minimum atomic E-state index is -5.48. The van der Waals surface area contributed by atoms with Crippen molar-refractivity contribution in [2.45, 2.75) is 41.2 Å². The number of nitrogen functional groups attached to an aromatic ring is 2. The molecule has 8 aromatic rings. The van der Waals surface area contributed by atoms with Crippen molar-refractivity contribution in [3.63, 3.8) is 0 Å². The lowest BCUT2D eigenvalue weighted by Crippen LogP contribution is -2.33. The van der Waals surface area contributed by atoms with Crippen LogP contribution in [0.5, 0.6) is 28.7 Å². The summed E-state index contributed by atoms with van der Waals surface area (Å²) in [5, 5.41) is 81.3. The average molecular weight is 1760 g/mol. The number of phenolic OH excluding ortho intramolecular Hbond substituents is 2. The predicted molar refractivity (Wildman–Crippen MR) is 388 cm³/mol. The van der Waals surface area contributed by atoms with Gasteiger partial charge in [-0.3, -0.25) is 22.8 Å². The van der Waals surface area contributed by atoms with Crippen LogP contribution in [0.1, 0.15) is 6.92 Å². The maximum atomic E-state index is 14.0. The molecule has 0 radical (unpaired) electrons. The highest BCUT2D eigenvalue weighted by Gasteiger charge is 2.30. The summed E-state index contributed by atoms with van der Waals surface area (Å²) >= 11 is 0.423. The molecule has 0 saturated carbocycles. The van der Waals surface area contributed by atoms with Gasteiger partial charge < -0.3 is 39.7 Å². The Morgan fingerprint density at radius 3 is 1.19 bits per heavy atom. The summed E-state index contributed by atoms with van der Waals surface area (Å²) < 4.78 is 267. The molecule has 0 amide bonds. The Kier molecular flexibility index (Phi) is 31.3. The number of nitrogens with two attached hydrogens (primary N) is 2. The lowest BCUT2D eigenvalue weighted by molar-refractivity contribution is -0.432. The van der Waals surface area contributed by atoms with E-state index in [9.17, 15) is 82.8 Å². The van der Waals surface area contributed by atoms with Crippen molar-refractivity contribution in [1.82, 2.24) is 4.90 Å². The zero-order valence-electron chi connectivity index (χ0n) is 54.8. The number of aromatic hydroxyl groups is 2. The molecule has 8 aromatic carbocycles. The normalized spacial score (nSPS) is 12.3. The molecule has 0 spiro atoms. The molecule has 13 N–H and O–H groups in total. The van der Waals surface area contributed by atoms with Crippen molar-refractivity contribution < 1.29 is 152 Å². The van der Waals surface area contributed by atoms with Crippen molar-refractivity contribution in [3.05, 3.63) is 109 Å². The molecule has 45 nitrogen and oxygen atoms in total. The van der Waals surface area contributed by atoms with Gasteiger partial charge in [0.1, 0.15) is 66.1 Å². The van der Waals surface area contributed by atoms with E-state index in [2.05, 4.69) is 68.0 Å². The Labute approximate surface area is 640 Å². The topological polar surface area (TPSA) is 708 Å². The number of sulfone groups is 2. The van der Waals surface area contributed by atoms with Crippen LogP contribution in [0.15, 0.2) is 184 Å². The number of fused-ring (bicyclic) bond motifs is 2. The summed E-state index contributed by atoms with van der Waals surface area (Å²) in [6.45, 7) is 0.746. The summed E-state index contributed by atoms with van der Waals surface area (Å²) in [4.78, 5) is 14.1. The molecule has 0 unspecified atom stereocenters. The Hall–Kier alpha value is -10.1. The summed E-state index contributed by atoms with van der Waals surface area (Å²) in [6.07, 6.45) is 0. The second kappa shape index (κ2) is 38.7. The van der Waals surface area contributed by atoms with E-state index < -0.39 is 175 Å². The van der Waals surface area contributed by atoms with Crippen molar-refractivity contribution in [1.29, 1.82) is 0 Å². The number of carbonyl (C=O) groups excluding carboxylic acids is 2. The molecular weight excluding hydrogens is 1710 g/mol. The molecule has 0 heterocycles. The van der Waals surface area contributed by atoms with Gasteiger partial charge in [-0.1, -0.05) is 17.0 Å². The summed E-state index contributed by atoms with van der Waals surface area (Å²) in [7, 11) is -33.9. The fourth-order valence-corrected chi connectivity index (χ4v) is 15.4. The molecule has 0 saturated heterocycles. The average Bonchev–Trinajstić information content (AvgIpc) is 0.751. The minimum absolute atomic E-state index is 0.00553. The fraction of sp³-hybridized carbons (Fsp3) is 0.127. The van der Waals surface area contributed by atoms with Gasteiger partial charge in [0.15, 0.2) is 65.6 Å². The first-order valence-corrected chi connectivity index (χ1v) is 41.8. The molecule has 8 rings (SSSR count). The number of anilines is 2. The number of benzene rings is 8. The molecule has 592 valence electrons.